The van der Waals surface area contributed by atoms with Gasteiger partial charge in [-0.1, -0.05) is 66.2 Å². The summed E-state index contributed by atoms with van der Waals surface area (Å²) < 4.78 is 5.72. The van der Waals surface area contributed by atoms with Gasteiger partial charge in [-0.05, 0) is 66.8 Å². The van der Waals surface area contributed by atoms with Gasteiger partial charge in [-0.2, -0.15) is 0 Å². The van der Waals surface area contributed by atoms with Gasteiger partial charge in [-0.25, -0.2) is 0 Å². The summed E-state index contributed by atoms with van der Waals surface area (Å²) >= 11 is 6.18. The fourth-order valence-electron chi connectivity index (χ4n) is 4.86. The van der Waals surface area contributed by atoms with Crippen LogP contribution in [0.5, 0.6) is 5.75 Å². The molecule has 1 N–H and O–H groups in total. The van der Waals surface area contributed by atoms with E-state index in [1.807, 2.05) is 18.2 Å². The lowest BCUT2D eigenvalue weighted by Gasteiger charge is -2.37. The van der Waals surface area contributed by atoms with Crippen molar-refractivity contribution in [2.24, 2.45) is 10.9 Å². The zero-order valence-corrected chi connectivity index (χ0v) is 19.4. The summed E-state index contributed by atoms with van der Waals surface area (Å²) in [6, 6.07) is 21.1. The molecule has 0 radical (unpaired) electrons. The Bertz CT molecular complexity index is 1230. The second-order valence-corrected chi connectivity index (χ2v) is 9.13. The summed E-state index contributed by atoms with van der Waals surface area (Å²) in [5.74, 6) is 1.74. The summed E-state index contributed by atoms with van der Waals surface area (Å²) in [5.41, 5.74) is 7.00. The molecule has 3 aromatic carbocycles. The van der Waals surface area contributed by atoms with E-state index in [0.717, 1.165) is 23.4 Å². The number of halogens is 1. The van der Waals surface area contributed by atoms with E-state index in [0.29, 0.717) is 23.5 Å². The number of aryl methyl sites for hydroxylation is 1. The van der Waals surface area contributed by atoms with Crippen molar-refractivity contribution in [1.29, 1.82) is 0 Å². The summed E-state index contributed by atoms with van der Waals surface area (Å²) in [5, 5.41) is 4.45. The van der Waals surface area contributed by atoms with Gasteiger partial charge in [-0.3, -0.25) is 4.99 Å². The average molecular weight is 455 g/mol. The van der Waals surface area contributed by atoms with E-state index >= 15 is 0 Å². The molecule has 1 heterocycles. The zero-order chi connectivity index (χ0) is 22.8. The Morgan fingerprint density at radius 1 is 1.12 bits per heavy atom. The van der Waals surface area contributed by atoms with Gasteiger partial charge in [0.25, 0.3) is 0 Å². The highest BCUT2D eigenvalue weighted by Crippen LogP contribution is 2.50. The molecule has 166 valence electrons. The van der Waals surface area contributed by atoms with Gasteiger partial charge in [-0.15, -0.1) is 0 Å². The first-order chi connectivity index (χ1) is 16.1. The summed E-state index contributed by atoms with van der Waals surface area (Å²) in [7, 11) is 0. The SMILES string of the molecule is C=CCOc1ccc(Cl)cc1C=Nc1ccc([C@@H]2Nc3ccc(C)cc3[C@@H]3C=CC[C@@H]32)cc1. The van der Waals surface area contributed by atoms with Gasteiger partial charge in [0.15, 0.2) is 0 Å². The van der Waals surface area contributed by atoms with Gasteiger partial charge >= 0.3 is 0 Å². The highest BCUT2D eigenvalue weighted by molar-refractivity contribution is 6.30. The largest absolute Gasteiger partial charge is 0.489 e. The molecule has 1 aliphatic heterocycles. The second-order valence-electron chi connectivity index (χ2n) is 8.70. The lowest BCUT2D eigenvalue weighted by Crippen LogP contribution is -2.29. The molecule has 33 heavy (non-hydrogen) atoms. The average Bonchev–Trinajstić information content (AvgIpc) is 3.32. The summed E-state index contributed by atoms with van der Waals surface area (Å²) in [6.45, 7) is 6.31. The molecule has 5 rings (SSSR count). The van der Waals surface area contributed by atoms with Crippen LogP contribution in [-0.4, -0.2) is 12.8 Å². The Morgan fingerprint density at radius 2 is 1.97 bits per heavy atom. The maximum atomic E-state index is 6.18. The van der Waals surface area contributed by atoms with Gasteiger partial charge in [0, 0.05) is 28.4 Å². The highest BCUT2D eigenvalue weighted by atomic mass is 35.5. The molecule has 0 fully saturated rings. The molecule has 3 nitrogen and oxygen atoms in total. The van der Waals surface area contributed by atoms with E-state index in [-0.39, 0.29) is 6.04 Å². The molecule has 3 atom stereocenters. The van der Waals surface area contributed by atoms with Crippen LogP contribution < -0.4 is 10.1 Å². The number of fused-ring (bicyclic) bond motifs is 3. The van der Waals surface area contributed by atoms with Crippen molar-refractivity contribution >= 4 is 29.2 Å². The second kappa shape index (κ2) is 9.29. The lowest BCUT2D eigenvalue weighted by atomic mass is 9.76. The molecule has 0 unspecified atom stereocenters. The van der Waals surface area contributed by atoms with Crippen molar-refractivity contribution in [2.75, 3.05) is 11.9 Å². The molecular formula is C29H27ClN2O. The molecule has 4 heteroatoms. The van der Waals surface area contributed by atoms with E-state index in [1.165, 1.54) is 22.4 Å². The maximum Gasteiger partial charge on any atom is 0.128 e. The molecular weight excluding hydrogens is 428 g/mol. The zero-order valence-electron chi connectivity index (χ0n) is 18.7. The first-order valence-corrected chi connectivity index (χ1v) is 11.7. The molecule has 0 spiro atoms. The Labute approximate surface area is 200 Å². The molecule has 1 aliphatic carbocycles. The van der Waals surface area contributed by atoms with Gasteiger partial charge in [0.2, 0.25) is 0 Å². The van der Waals surface area contributed by atoms with Crippen molar-refractivity contribution in [3.8, 4) is 5.75 Å². The highest BCUT2D eigenvalue weighted by Gasteiger charge is 2.37. The minimum Gasteiger partial charge on any atom is -0.489 e. The predicted octanol–water partition coefficient (Wildman–Crippen LogP) is 7.79. The lowest BCUT2D eigenvalue weighted by molar-refractivity contribution is 0.363. The van der Waals surface area contributed by atoms with E-state index in [2.05, 4.69) is 78.4 Å². The van der Waals surface area contributed by atoms with E-state index < -0.39 is 0 Å². The summed E-state index contributed by atoms with van der Waals surface area (Å²) in [4.78, 5) is 4.66. The minimum atomic E-state index is 0.282. The van der Waals surface area contributed by atoms with Crippen molar-refractivity contribution in [1.82, 2.24) is 0 Å². The third kappa shape index (κ3) is 4.46. The number of anilines is 1. The topological polar surface area (TPSA) is 33.6 Å². The number of ether oxygens (including phenoxy) is 1. The third-order valence-corrected chi connectivity index (χ3v) is 6.69. The molecule has 0 saturated heterocycles. The quantitative estimate of drug-likeness (QED) is 0.304. The number of aliphatic imine (C=N–C) groups is 1. The molecule has 0 saturated carbocycles. The molecule has 3 aromatic rings. The van der Waals surface area contributed by atoms with Crippen LogP contribution >= 0.6 is 11.6 Å². The number of nitrogens with zero attached hydrogens (tertiary/aromatic N) is 1. The predicted molar refractivity (Wildman–Crippen MR) is 138 cm³/mol. The number of benzene rings is 3. The standard InChI is InChI=1S/C29H27ClN2O/c1-3-15-33-28-14-10-22(30)17-21(28)18-31-23-11-8-20(9-12-23)29-25-6-4-5-24(25)26-16-19(2)7-13-27(26)32-29/h3-5,7-14,16-18,24-25,29,32H,1,6,15H2,2H3/t24-,25+,29+/m1/s1. The Balaban J connectivity index is 1.37. The molecule has 0 amide bonds. The van der Waals surface area contributed by atoms with Crippen LogP contribution in [0.4, 0.5) is 11.4 Å². The van der Waals surface area contributed by atoms with Crippen LogP contribution in [0.15, 0.2) is 90.5 Å². The summed E-state index contributed by atoms with van der Waals surface area (Å²) in [6.07, 6.45) is 9.33. The van der Waals surface area contributed by atoms with Crippen molar-refractivity contribution in [2.45, 2.75) is 25.3 Å². The normalized spacial score (nSPS) is 20.8. The Morgan fingerprint density at radius 3 is 2.79 bits per heavy atom. The van der Waals surface area contributed by atoms with Crippen molar-refractivity contribution < 1.29 is 4.74 Å². The maximum absolute atomic E-state index is 6.18. The smallest absolute Gasteiger partial charge is 0.128 e. The van der Waals surface area contributed by atoms with E-state index in [9.17, 15) is 0 Å². The number of hydrogen-bond donors (Lipinski definition) is 1. The van der Waals surface area contributed by atoms with Crippen LogP contribution in [0.2, 0.25) is 5.02 Å². The molecule has 0 bridgehead atoms. The van der Waals surface area contributed by atoms with Crippen LogP contribution in [-0.2, 0) is 0 Å². The molecule has 2 aliphatic rings. The molecule has 0 aromatic heterocycles. The monoisotopic (exact) mass is 454 g/mol. The van der Waals surface area contributed by atoms with Crippen molar-refractivity contribution in [3.63, 3.8) is 0 Å². The fourth-order valence-corrected chi connectivity index (χ4v) is 5.04. The Kier molecular flexibility index (Phi) is 6.06. The van der Waals surface area contributed by atoms with Gasteiger partial charge < -0.3 is 10.1 Å². The number of hydrogen-bond acceptors (Lipinski definition) is 3. The van der Waals surface area contributed by atoms with Crippen LogP contribution in [0, 0.1) is 12.8 Å². The Hall–Kier alpha value is -3.30. The van der Waals surface area contributed by atoms with Crippen LogP contribution in [0.25, 0.3) is 0 Å². The number of rotatable bonds is 6. The first kappa shape index (κ1) is 21.5. The minimum absolute atomic E-state index is 0.282. The van der Waals surface area contributed by atoms with E-state index in [1.54, 1.807) is 12.3 Å². The number of nitrogens with one attached hydrogen (secondary N) is 1. The van der Waals surface area contributed by atoms with Crippen molar-refractivity contribution in [3.05, 3.63) is 113 Å². The van der Waals surface area contributed by atoms with E-state index in [4.69, 9.17) is 16.3 Å². The van der Waals surface area contributed by atoms with Crippen LogP contribution in [0.3, 0.4) is 0 Å². The van der Waals surface area contributed by atoms with Gasteiger partial charge in [0.05, 0.1) is 11.7 Å². The third-order valence-electron chi connectivity index (χ3n) is 6.45. The van der Waals surface area contributed by atoms with Crippen LogP contribution in [0.1, 0.15) is 40.6 Å². The van der Waals surface area contributed by atoms with Gasteiger partial charge in [0.1, 0.15) is 12.4 Å². The number of allylic oxidation sites excluding steroid dienone is 2. The first-order valence-electron chi connectivity index (χ1n) is 11.3. The fraction of sp³-hybridized carbons (Fsp3) is 0.207.